The van der Waals surface area contributed by atoms with Gasteiger partial charge in [0.2, 0.25) is 0 Å². The molecule has 5 heteroatoms. The summed E-state index contributed by atoms with van der Waals surface area (Å²) in [7, 11) is 4.99. The van der Waals surface area contributed by atoms with E-state index < -0.39 is 0 Å². The molecule has 1 amide bonds. The molecule has 138 valence electrons. The molecule has 1 aliphatic rings. The van der Waals surface area contributed by atoms with Gasteiger partial charge in [-0.25, -0.2) is 0 Å². The molecule has 0 radical (unpaired) electrons. The summed E-state index contributed by atoms with van der Waals surface area (Å²) < 4.78 is 10.6. The fraction of sp³-hybridized carbons (Fsp3) is 0.381. The van der Waals surface area contributed by atoms with Crippen molar-refractivity contribution in [1.29, 1.82) is 0 Å². The van der Waals surface area contributed by atoms with Gasteiger partial charge >= 0.3 is 0 Å². The molecular formula is C21H26N2O3. The highest BCUT2D eigenvalue weighted by Gasteiger charge is 2.19. The van der Waals surface area contributed by atoms with Crippen LogP contribution in [0.2, 0.25) is 0 Å². The zero-order chi connectivity index (χ0) is 18.5. The van der Waals surface area contributed by atoms with Crippen molar-refractivity contribution < 1.29 is 14.3 Å². The number of nitrogens with zero attached hydrogens (tertiary/aromatic N) is 2. The van der Waals surface area contributed by atoms with Crippen LogP contribution in [0.1, 0.15) is 28.8 Å². The lowest BCUT2D eigenvalue weighted by molar-refractivity contribution is 0.0785. The van der Waals surface area contributed by atoms with Crippen molar-refractivity contribution in [3.63, 3.8) is 0 Å². The third-order valence-corrected chi connectivity index (χ3v) is 4.82. The molecule has 2 aromatic rings. The van der Waals surface area contributed by atoms with E-state index >= 15 is 0 Å². The first-order chi connectivity index (χ1) is 12.6. The molecule has 0 N–H and O–H groups in total. The maximum Gasteiger partial charge on any atom is 0.254 e. The Morgan fingerprint density at radius 2 is 1.73 bits per heavy atom. The highest BCUT2D eigenvalue weighted by molar-refractivity contribution is 5.94. The van der Waals surface area contributed by atoms with Crippen molar-refractivity contribution in [2.75, 3.05) is 39.3 Å². The van der Waals surface area contributed by atoms with E-state index in [4.69, 9.17) is 9.47 Å². The number of carbonyl (C=O) groups excluding carboxylic acids is 1. The van der Waals surface area contributed by atoms with E-state index in [1.807, 2.05) is 13.1 Å². The number of carbonyl (C=O) groups is 1. The van der Waals surface area contributed by atoms with Crippen LogP contribution in [0.5, 0.6) is 11.5 Å². The zero-order valence-corrected chi connectivity index (χ0v) is 15.7. The first-order valence-corrected chi connectivity index (χ1v) is 8.94. The third kappa shape index (κ3) is 3.77. The first-order valence-electron chi connectivity index (χ1n) is 8.94. The molecule has 1 aliphatic heterocycles. The molecule has 0 aliphatic carbocycles. The predicted molar refractivity (Wildman–Crippen MR) is 103 cm³/mol. The minimum absolute atomic E-state index is 0.0396. The molecule has 0 aromatic heterocycles. The van der Waals surface area contributed by atoms with Gasteiger partial charge in [0.05, 0.1) is 14.2 Å². The Labute approximate surface area is 155 Å². The minimum Gasteiger partial charge on any atom is -0.493 e. The summed E-state index contributed by atoms with van der Waals surface area (Å²) in [6, 6.07) is 13.6. The van der Waals surface area contributed by atoms with Crippen LogP contribution in [0.25, 0.3) is 0 Å². The Balaban J connectivity index is 1.78. The Bertz CT molecular complexity index is 770. The Morgan fingerprint density at radius 1 is 1.04 bits per heavy atom. The van der Waals surface area contributed by atoms with Crippen LogP contribution < -0.4 is 14.4 Å². The second-order valence-electron chi connectivity index (χ2n) is 6.55. The number of benzene rings is 2. The molecule has 0 atom stereocenters. The SMILES string of the molecule is COc1ccc(C(=O)N(C)Cc2ccccc2N2CCCC2)cc1OC. The molecular weight excluding hydrogens is 328 g/mol. The van der Waals surface area contributed by atoms with Gasteiger partial charge in [0.25, 0.3) is 5.91 Å². The molecule has 0 spiro atoms. The van der Waals surface area contributed by atoms with Crippen molar-refractivity contribution in [2.24, 2.45) is 0 Å². The fourth-order valence-corrected chi connectivity index (χ4v) is 3.43. The van der Waals surface area contributed by atoms with Crippen LogP contribution in [0, 0.1) is 0 Å². The first kappa shape index (κ1) is 18.1. The molecule has 0 bridgehead atoms. The maximum absolute atomic E-state index is 12.9. The number of hydrogen-bond donors (Lipinski definition) is 0. The number of para-hydroxylation sites is 1. The van der Waals surface area contributed by atoms with Gasteiger partial charge in [-0.15, -0.1) is 0 Å². The van der Waals surface area contributed by atoms with Crippen molar-refractivity contribution in [3.05, 3.63) is 53.6 Å². The van der Waals surface area contributed by atoms with E-state index in [1.54, 1.807) is 37.3 Å². The summed E-state index contributed by atoms with van der Waals surface area (Å²) in [6.45, 7) is 2.74. The van der Waals surface area contributed by atoms with E-state index in [2.05, 4.69) is 23.1 Å². The molecule has 1 saturated heterocycles. The average Bonchev–Trinajstić information content (AvgIpc) is 3.21. The zero-order valence-electron chi connectivity index (χ0n) is 15.7. The minimum atomic E-state index is -0.0396. The summed E-state index contributed by atoms with van der Waals surface area (Å²) in [5.74, 6) is 1.14. The van der Waals surface area contributed by atoms with Crippen molar-refractivity contribution in [1.82, 2.24) is 4.90 Å². The van der Waals surface area contributed by atoms with E-state index in [0.29, 0.717) is 23.6 Å². The highest BCUT2D eigenvalue weighted by atomic mass is 16.5. The van der Waals surface area contributed by atoms with Crippen LogP contribution in [-0.2, 0) is 6.54 Å². The van der Waals surface area contributed by atoms with E-state index in [1.165, 1.54) is 24.1 Å². The fourth-order valence-electron chi connectivity index (χ4n) is 3.43. The molecule has 2 aromatic carbocycles. The Morgan fingerprint density at radius 3 is 2.42 bits per heavy atom. The van der Waals surface area contributed by atoms with Gasteiger partial charge in [-0.2, -0.15) is 0 Å². The molecule has 26 heavy (non-hydrogen) atoms. The molecule has 5 nitrogen and oxygen atoms in total. The van der Waals surface area contributed by atoms with Crippen LogP contribution in [0.3, 0.4) is 0 Å². The standard InChI is InChI=1S/C21H26N2O3/c1-22(21(24)16-10-11-19(25-2)20(14-16)26-3)15-17-8-4-5-9-18(17)23-12-6-7-13-23/h4-5,8-11,14H,6-7,12-13,15H2,1-3H3. The molecule has 3 rings (SSSR count). The predicted octanol–water partition coefficient (Wildman–Crippen LogP) is 3.58. The monoisotopic (exact) mass is 354 g/mol. The van der Waals surface area contributed by atoms with Gasteiger partial charge < -0.3 is 19.3 Å². The second-order valence-corrected chi connectivity index (χ2v) is 6.55. The van der Waals surface area contributed by atoms with E-state index in [0.717, 1.165) is 13.1 Å². The second kappa shape index (κ2) is 8.13. The average molecular weight is 354 g/mol. The summed E-state index contributed by atoms with van der Waals surface area (Å²) in [5, 5.41) is 0. The van der Waals surface area contributed by atoms with E-state index in [-0.39, 0.29) is 5.91 Å². The van der Waals surface area contributed by atoms with Gasteiger partial charge in [-0.05, 0) is 42.7 Å². The normalized spacial score (nSPS) is 13.6. The number of methoxy groups -OCH3 is 2. The van der Waals surface area contributed by atoms with Gasteiger partial charge in [0.1, 0.15) is 0 Å². The van der Waals surface area contributed by atoms with Crippen LogP contribution in [0.4, 0.5) is 5.69 Å². The third-order valence-electron chi connectivity index (χ3n) is 4.82. The smallest absolute Gasteiger partial charge is 0.254 e. The van der Waals surface area contributed by atoms with Crippen LogP contribution >= 0.6 is 0 Å². The van der Waals surface area contributed by atoms with Gasteiger partial charge in [0, 0.05) is 37.9 Å². The lowest BCUT2D eigenvalue weighted by atomic mass is 10.1. The van der Waals surface area contributed by atoms with Crippen molar-refractivity contribution >= 4 is 11.6 Å². The lowest BCUT2D eigenvalue weighted by Crippen LogP contribution is -2.28. The largest absolute Gasteiger partial charge is 0.493 e. The summed E-state index contributed by atoms with van der Waals surface area (Å²) in [4.78, 5) is 17.0. The van der Waals surface area contributed by atoms with Gasteiger partial charge in [0.15, 0.2) is 11.5 Å². The summed E-state index contributed by atoms with van der Waals surface area (Å²) in [6.07, 6.45) is 2.46. The molecule has 0 saturated carbocycles. The number of anilines is 1. The molecule has 0 unspecified atom stereocenters. The molecule has 1 fully saturated rings. The topological polar surface area (TPSA) is 42.0 Å². The number of ether oxygens (including phenoxy) is 2. The Hall–Kier alpha value is -2.69. The highest BCUT2D eigenvalue weighted by Crippen LogP contribution is 2.29. The number of hydrogen-bond acceptors (Lipinski definition) is 4. The Kier molecular flexibility index (Phi) is 5.66. The summed E-state index contributed by atoms with van der Waals surface area (Å²) in [5.41, 5.74) is 2.99. The van der Waals surface area contributed by atoms with Gasteiger partial charge in [-0.3, -0.25) is 4.79 Å². The van der Waals surface area contributed by atoms with Crippen molar-refractivity contribution in [3.8, 4) is 11.5 Å². The lowest BCUT2D eigenvalue weighted by Gasteiger charge is -2.24. The quantitative estimate of drug-likeness (QED) is 0.795. The van der Waals surface area contributed by atoms with Crippen LogP contribution in [0.15, 0.2) is 42.5 Å². The number of amides is 1. The summed E-state index contributed by atoms with van der Waals surface area (Å²) >= 11 is 0. The van der Waals surface area contributed by atoms with Crippen LogP contribution in [-0.4, -0.2) is 45.2 Å². The maximum atomic E-state index is 12.9. The molecule has 1 heterocycles. The van der Waals surface area contributed by atoms with Crippen molar-refractivity contribution in [2.45, 2.75) is 19.4 Å². The van der Waals surface area contributed by atoms with E-state index in [9.17, 15) is 4.79 Å². The van der Waals surface area contributed by atoms with Gasteiger partial charge in [-0.1, -0.05) is 18.2 Å². The number of rotatable bonds is 6.